The lowest BCUT2D eigenvalue weighted by Crippen LogP contribution is -2.46. The van der Waals surface area contributed by atoms with Crippen molar-refractivity contribution < 1.29 is 15.0 Å². The molecule has 0 aliphatic carbocycles. The molecule has 2 unspecified atom stereocenters. The number of carbonyl (C=O) groups is 1. The number of fused-ring (bicyclic) bond motifs is 1. The fraction of sp³-hybridized carbons (Fsp3) is 0.444. The summed E-state index contributed by atoms with van der Waals surface area (Å²) in [7, 11) is 0. The maximum Gasteiger partial charge on any atom is 0.327 e. The van der Waals surface area contributed by atoms with Crippen LogP contribution in [0.2, 0.25) is 5.15 Å². The monoisotopic (exact) mass is 365 g/mol. The van der Waals surface area contributed by atoms with Crippen LogP contribution in [-0.2, 0) is 4.79 Å². The van der Waals surface area contributed by atoms with Gasteiger partial charge < -0.3 is 10.2 Å². The summed E-state index contributed by atoms with van der Waals surface area (Å²) in [5.41, 5.74) is 1.20. The van der Waals surface area contributed by atoms with Crippen LogP contribution in [0.3, 0.4) is 0 Å². The molecule has 1 aromatic carbocycles. The van der Waals surface area contributed by atoms with Crippen LogP contribution in [0.4, 0.5) is 5.69 Å². The van der Waals surface area contributed by atoms with Gasteiger partial charge in [-0.1, -0.05) is 43.1 Å². The Labute approximate surface area is 152 Å². The van der Waals surface area contributed by atoms with E-state index in [0.717, 1.165) is 11.8 Å². The zero-order valence-corrected chi connectivity index (χ0v) is 15.0. The lowest BCUT2D eigenvalue weighted by atomic mass is 9.94. The smallest absolute Gasteiger partial charge is 0.327 e. The number of carboxylic acid groups (broad SMARTS) is 1. The Morgan fingerprint density at radius 3 is 2.68 bits per heavy atom. The predicted molar refractivity (Wildman–Crippen MR) is 99.6 cm³/mol. The number of hydrazine groups is 1. The Balaban J connectivity index is 2.28. The standard InChI is InChI=1S/C18H24ClN3O3/c1-2-12(9-10-23)7-8-15(18(24)25)22(20)16-11-17(19)21-14-6-4-3-5-13(14)16/h3-6,11-12,15,23H,2,7-10,20H2,1H3,(H,24,25). The predicted octanol–water partition coefficient (Wildman–Crippen LogP) is 3.21. The summed E-state index contributed by atoms with van der Waals surface area (Å²) in [6.45, 7) is 2.14. The van der Waals surface area contributed by atoms with Crippen LogP contribution in [0, 0.1) is 5.92 Å². The van der Waals surface area contributed by atoms with E-state index in [0.29, 0.717) is 30.5 Å². The van der Waals surface area contributed by atoms with E-state index >= 15 is 0 Å². The van der Waals surface area contributed by atoms with Crippen LogP contribution in [0.5, 0.6) is 0 Å². The van der Waals surface area contributed by atoms with Gasteiger partial charge in [-0.05, 0) is 31.2 Å². The third kappa shape index (κ3) is 4.81. The Morgan fingerprint density at radius 2 is 2.04 bits per heavy atom. The number of benzene rings is 1. The summed E-state index contributed by atoms with van der Waals surface area (Å²) in [5, 5.41) is 21.0. The number of nitrogens with zero attached hydrogens (tertiary/aromatic N) is 2. The van der Waals surface area contributed by atoms with Gasteiger partial charge in [-0.3, -0.25) is 5.01 Å². The first kappa shape index (κ1) is 19.4. The molecule has 1 aromatic heterocycles. The lowest BCUT2D eigenvalue weighted by molar-refractivity contribution is -0.138. The van der Waals surface area contributed by atoms with Gasteiger partial charge in [0.25, 0.3) is 0 Å². The molecule has 2 aromatic rings. The largest absolute Gasteiger partial charge is 0.480 e. The molecule has 0 aliphatic heterocycles. The molecule has 2 rings (SSSR count). The molecule has 25 heavy (non-hydrogen) atoms. The third-order valence-electron chi connectivity index (χ3n) is 4.53. The number of anilines is 1. The van der Waals surface area contributed by atoms with E-state index in [-0.39, 0.29) is 17.7 Å². The summed E-state index contributed by atoms with van der Waals surface area (Å²) < 4.78 is 0. The Morgan fingerprint density at radius 1 is 1.32 bits per heavy atom. The number of aliphatic hydroxyl groups excluding tert-OH is 1. The molecule has 7 heteroatoms. The topological polar surface area (TPSA) is 99.7 Å². The van der Waals surface area contributed by atoms with Crippen molar-refractivity contribution in [3.05, 3.63) is 35.5 Å². The number of aromatic nitrogens is 1. The molecular formula is C18H24ClN3O3. The van der Waals surface area contributed by atoms with Gasteiger partial charge in [-0.2, -0.15) is 0 Å². The highest BCUT2D eigenvalue weighted by atomic mass is 35.5. The van der Waals surface area contributed by atoms with Crippen LogP contribution in [0.1, 0.15) is 32.6 Å². The first-order chi connectivity index (χ1) is 12.0. The summed E-state index contributed by atoms with van der Waals surface area (Å²) in [5.74, 6) is 5.48. The molecule has 0 spiro atoms. The number of hydrogen-bond acceptors (Lipinski definition) is 5. The van der Waals surface area contributed by atoms with Crippen LogP contribution in [0.15, 0.2) is 30.3 Å². The number of carboxylic acids is 1. The second-order valence-electron chi connectivity index (χ2n) is 6.11. The number of nitrogens with two attached hydrogens (primary N) is 1. The number of aliphatic hydroxyl groups is 1. The minimum Gasteiger partial charge on any atom is -0.480 e. The third-order valence-corrected chi connectivity index (χ3v) is 4.72. The zero-order valence-electron chi connectivity index (χ0n) is 14.2. The van der Waals surface area contributed by atoms with Crippen LogP contribution in [-0.4, -0.2) is 33.8 Å². The second kappa shape index (κ2) is 8.99. The van der Waals surface area contributed by atoms with E-state index in [9.17, 15) is 9.90 Å². The van der Waals surface area contributed by atoms with Crippen molar-refractivity contribution in [2.45, 2.75) is 38.6 Å². The van der Waals surface area contributed by atoms with Gasteiger partial charge in [-0.25, -0.2) is 15.6 Å². The molecule has 136 valence electrons. The van der Waals surface area contributed by atoms with Crippen molar-refractivity contribution >= 4 is 34.2 Å². The minimum absolute atomic E-state index is 0.104. The average Bonchev–Trinajstić information content (AvgIpc) is 2.59. The van der Waals surface area contributed by atoms with Crippen molar-refractivity contribution in [3.8, 4) is 0 Å². The first-order valence-corrected chi connectivity index (χ1v) is 8.78. The van der Waals surface area contributed by atoms with Gasteiger partial charge in [0.15, 0.2) is 0 Å². The van der Waals surface area contributed by atoms with E-state index in [1.54, 1.807) is 6.07 Å². The molecule has 4 N–H and O–H groups in total. The van der Waals surface area contributed by atoms with Crippen molar-refractivity contribution in [1.29, 1.82) is 0 Å². The van der Waals surface area contributed by atoms with E-state index < -0.39 is 12.0 Å². The Hall–Kier alpha value is -1.89. The van der Waals surface area contributed by atoms with Crippen molar-refractivity contribution in [2.24, 2.45) is 11.8 Å². The maximum atomic E-state index is 11.8. The van der Waals surface area contributed by atoms with Gasteiger partial charge in [0.05, 0.1) is 11.2 Å². The SMILES string of the molecule is CCC(CCO)CCC(C(=O)O)N(N)c1cc(Cl)nc2ccccc12. The van der Waals surface area contributed by atoms with Crippen molar-refractivity contribution in [3.63, 3.8) is 0 Å². The highest BCUT2D eigenvalue weighted by Crippen LogP contribution is 2.29. The molecule has 1 heterocycles. The molecule has 0 radical (unpaired) electrons. The van der Waals surface area contributed by atoms with Crippen LogP contribution in [0.25, 0.3) is 10.9 Å². The summed E-state index contributed by atoms with van der Waals surface area (Å²) in [4.78, 5) is 16.0. The molecule has 0 aliphatic rings. The van der Waals surface area contributed by atoms with E-state index in [1.807, 2.05) is 31.2 Å². The number of hydrogen-bond donors (Lipinski definition) is 3. The number of aliphatic carboxylic acids is 1. The Bertz CT molecular complexity index is 726. The molecule has 0 bridgehead atoms. The molecule has 0 fully saturated rings. The number of para-hydroxylation sites is 1. The van der Waals surface area contributed by atoms with Gasteiger partial charge in [0, 0.05) is 18.1 Å². The summed E-state index contributed by atoms with van der Waals surface area (Å²) >= 11 is 6.07. The lowest BCUT2D eigenvalue weighted by Gasteiger charge is -2.28. The quantitative estimate of drug-likeness (QED) is 0.358. The van der Waals surface area contributed by atoms with E-state index in [2.05, 4.69) is 4.98 Å². The highest BCUT2D eigenvalue weighted by molar-refractivity contribution is 6.30. The molecule has 0 saturated heterocycles. The molecular weight excluding hydrogens is 342 g/mol. The van der Waals surface area contributed by atoms with Crippen LogP contribution >= 0.6 is 11.6 Å². The number of pyridine rings is 1. The van der Waals surface area contributed by atoms with Gasteiger partial charge in [0.1, 0.15) is 11.2 Å². The minimum atomic E-state index is -0.988. The highest BCUT2D eigenvalue weighted by Gasteiger charge is 2.26. The van der Waals surface area contributed by atoms with Gasteiger partial charge >= 0.3 is 5.97 Å². The molecule has 2 atom stereocenters. The summed E-state index contributed by atoms with van der Waals surface area (Å²) in [6.07, 6.45) is 2.62. The van der Waals surface area contributed by atoms with E-state index in [1.165, 1.54) is 5.01 Å². The number of rotatable bonds is 9. The zero-order chi connectivity index (χ0) is 18.4. The fourth-order valence-electron chi connectivity index (χ4n) is 3.02. The van der Waals surface area contributed by atoms with Crippen molar-refractivity contribution in [2.75, 3.05) is 11.6 Å². The van der Waals surface area contributed by atoms with E-state index in [4.69, 9.17) is 22.6 Å². The first-order valence-electron chi connectivity index (χ1n) is 8.40. The average molecular weight is 366 g/mol. The molecule has 0 amide bonds. The van der Waals surface area contributed by atoms with Crippen molar-refractivity contribution in [1.82, 2.24) is 4.98 Å². The van der Waals surface area contributed by atoms with Gasteiger partial charge in [-0.15, -0.1) is 0 Å². The van der Waals surface area contributed by atoms with Gasteiger partial charge in [0.2, 0.25) is 0 Å². The molecule has 6 nitrogen and oxygen atoms in total. The second-order valence-corrected chi connectivity index (χ2v) is 6.49. The fourth-order valence-corrected chi connectivity index (χ4v) is 3.21. The maximum absolute atomic E-state index is 11.8. The summed E-state index contributed by atoms with van der Waals surface area (Å²) in [6, 6.07) is 8.04. The normalized spacial score (nSPS) is 13.6. The Kier molecular flexibility index (Phi) is 6.99. The number of halogens is 1. The van der Waals surface area contributed by atoms with Crippen LogP contribution < -0.4 is 10.9 Å². The molecule has 0 saturated carbocycles.